The van der Waals surface area contributed by atoms with Crippen molar-refractivity contribution in [3.63, 3.8) is 0 Å². The van der Waals surface area contributed by atoms with Crippen molar-refractivity contribution in [1.29, 1.82) is 0 Å². The monoisotopic (exact) mass is 492 g/mol. The molecule has 0 saturated heterocycles. The van der Waals surface area contributed by atoms with Crippen molar-refractivity contribution in [3.8, 4) is 11.5 Å². The first-order valence-corrected chi connectivity index (χ1v) is 11.3. The number of carbonyl (C=O) groups is 4. The van der Waals surface area contributed by atoms with Crippen molar-refractivity contribution in [2.45, 2.75) is 13.3 Å². The maximum atomic E-state index is 12.5. The fourth-order valence-corrected chi connectivity index (χ4v) is 4.13. The highest BCUT2D eigenvalue weighted by atomic mass is 32.1. The Kier molecular flexibility index (Phi) is 6.97. The summed E-state index contributed by atoms with van der Waals surface area (Å²) in [5.74, 6) is -0.904. The van der Waals surface area contributed by atoms with Crippen LogP contribution in [0.4, 0.5) is 5.13 Å². The van der Waals surface area contributed by atoms with E-state index in [2.05, 4.69) is 15.5 Å². The minimum atomic E-state index is -0.467. The number of hydrogen-bond acceptors (Lipinski definition) is 9. The molecule has 0 aliphatic carbocycles. The lowest BCUT2D eigenvalue weighted by Crippen LogP contribution is -2.31. The van der Waals surface area contributed by atoms with Crippen LogP contribution in [-0.4, -0.2) is 52.4 Å². The van der Waals surface area contributed by atoms with Crippen molar-refractivity contribution in [2.75, 3.05) is 19.0 Å². The summed E-state index contributed by atoms with van der Waals surface area (Å²) < 4.78 is 10.3. The Bertz CT molecular complexity index is 1310. The molecule has 10 nitrogen and oxygen atoms in total. The molecule has 2 heterocycles. The van der Waals surface area contributed by atoms with Gasteiger partial charge in [0.1, 0.15) is 5.01 Å². The Morgan fingerprint density at radius 3 is 2.43 bits per heavy atom. The van der Waals surface area contributed by atoms with Crippen LogP contribution < -0.4 is 14.8 Å². The van der Waals surface area contributed by atoms with Crippen molar-refractivity contribution >= 4 is 46.2 Å². The van der Waals surface area contributed by atoms with Gasteiger partial charge in [-0.2, -0.15) is 0 Å². The van der Waals surface area contributed by atoms with Crippen molar-refractivity contribution in [1.82, 2.24) is 15.1 Å². The number of aromatic nitrogens is 2. The number of anilines is 1. The Morgan fingerprint density at radius 1 is 1.06 bits per heavy atom. The number of esters is 1. The van der Waals surface area contributed by atoms with Gasteiger partial charge in [0, 0.05) is 26.0 Å². The summed E-state index contributed by atoms with van der Waals surface area (Å²) in [6.07, 6.45) is 3.21. The first kappa shape index (κ1) is 23.8. The van der Waals surface area contributed by atoms with Gasteiger partial charge in [-0.05, 0) is 35.9 Å². The van der Waals surface area contributed by atoms with Gasteiger partial charge in [-0.1, -0.05) is 29.5 Å². The number of carbonyl (C=O) groups excluding carboxylic acids is 4. The second-order valence-corrected chi connectivity index (χ2v) is 8.45. The fourth-order valence-electron chi connectivity index (χ4n) is 3.40. The molecule has 0 atom stereocenters. The predicted molar refractivity (Wildman–Crippen MR) is 127 cm³/mol. The second kappa shape index (κ2) is 10.3. The molecule has 11 heteroatoms. The molecule has 35 heavy (non-hydrogen) atoms. The Morgan fingerprint density at radius 2 is 1.77 bits per heavy atom. The summed E-state index contributed by atoms with van der Waals surface area (Å²) in [5, 5.41) is 11.5. The zero-order valence-corrected chi connectivity index (χ0v) is 19.6. The van der Waals surface area contributed by atoms with E-state index >= 15 is 0 Å². The van der Waals surface area contributed by atoms with E-state index < -0.39 is 11.9 Å². The van der Waals surface area contributed by atoms with Crippen molar-refractivity contribution < 1.29 is 28.7 Å². The molecule has 1 aliphatic heterocycles. The summed E-state index contributed by atoms with van der Waals surface area (Å²) in [6, 6.07) is 11.6. The number of nitrogens with zero attached hydrogens (tertiary/aromatic N) is 3. The van der Waals surface area contributed by atoms with Crippen LogP contribution >= 0.6 is 11.3 Å². The highest BCUT2D eigenvalue weighted by Gasteiger charge is 2.34. The molecule has 0 radical (unpaired) electrons. The summed E-state index contributed by atoms with van der Waals surface area (Å²) in [6.45, 7) is 1.46. The van der Waals surface area contributed by atoms with Crippen molar-refractivity contribution in [3.05, 3.63) is 70.2 Å². The third-order valence-corrected chi connectivity index (χ3v) is 5.89. The predicted octanol–water partition coefficient (Wildman–Crippen LogP) is 2.96. The molecule has 3 aromatic rings. The second-order valence-electron chi connectivity index (χ2n) is 7.39. The average molecular weight is 493 g/mol. The van der Waals surface area contributed by atoms with Crippen molar-refractivity contribution in [2.24, 2.45) is 0 Å². The number of nitrogens with one attached hydrogen (secondary N) is 1. The fraction of sp³-hybridized carbons (Fsp3) is 0.167. The number of fused-ring (bicyclic) bond motifs is 1. The zero-order chi connectivity index (χ0) is 24.9. The lowest BCUT2D eigenvalue weighted by molar-refractivity contribution is -0.132. The van der Waals surface area contributed by atoms with E-state index in [1.165, 1.54) is 25.0 Å². The highest BCUT2D eigenvalue weighted by Crippen LogP contribution is 2.29. The molecule has 2 aromatic carbocycles. The van der Waals surface area contributed by atoms with E-state index in [4.69, 9.17) is 9.47 Å². The summed E-state index contributed by atoms with van der Waals surface area (Å²) in [7, 11) is 1.45. The average Bonchev–Trinajstić information content (AvgIpc) is 3.38. The largest absolute Gasteiger partial charge is 0.493 e. The number of ether oxygens (including phenoxy) is 2. The summed E-state index contributed by atoms with van der Waals surface area (Å²) >= 11 is 1.16. The number of methoxy groups -OCH3 is 1. The van der Waals surface area contributed by atoms with Gasteiger partial charge < -0.3 is 9.47 Å². The van der Waals surface area contributed by atoms with Gasteiger partial charge in [-0.15, -0.1) is 10.2 Å². The van der Waals surface area contributed by atoms with Gasteiger partial charge in [-0.25, -0.2) is 0 Å². The Balaban J connectivity index is 1.32. The molecule has 0 bridgehead atoms. The normalized spacial score (nSPS) is 12.7. The number of amides is 3. The van der Waals surface area contributed by atoms with Crippen LogP contribution in [0.5, 0.6) is 11.5 Å². The topological polar surface area (TPSA) is 128 Å². The van der Waals surface area contributed by atoms with Crippen LogP contribution in [0.1, 0.15) is 38.2 Å². The molecule has 0 fully saturated rings. The van der Waals surface area contributed by atoms with Gasteiger partial charge >= 0.3 is 5.97 Å². The zero-order valence-electron chi connectivity index (χ0n) is 18.8. The highest BCUT2D eigenvalue weighted by molar-refractivity contribution is 7.15. The van der Waals surface area contributed by atoms with Gasteiger partial charge in [-0.3, -0.25) is 29.4 Å². The quantitative estimate of drug-likeness (QED) is 0.220. The van der Waals surface area contributed by atoms with Crippen LogP contribution in [0.15, 0.2) is 48.5 Å². The van der Waals surface area contributed by atoms with Gasteiger partial charge in [0.2, 0.25) is 11.0 Å². The molecular weight excluding hydrogens is 472 g/mol. The van der Waals surface area contributed by atoms with E-state index in [-0.39, 0.29) is 24.1 Å². The standard InChI is InChI=1S/C24H20N4O6S/c1-14(29)34-18-9-7-15(13-19(18)33-2)8-10-20(30)25-24-27-26-21(35-24)11-12-28-22(31)16-5-3-4-6-17(16)23(28)32/h3-10,13H,11-12H2,1-2H3,(H,25,27,30)/b10-8+. The molecule has 0 spiro atoms. The van der Waals surface area contributed by atoms with E-state index in [9.17, 15) is 19.2 Å². The Hall–Kier alpha value is -4.38. The molecule has 0 unspecified atom stereocenters. The molecule has 1 aliphatic rings. The maximum absolute atomic E-state index is 12.5. The van der Waals surface area contributed by atoms with Gasteiger partial charge in [0.15, 0.2) is 11.5 Å². The lowest BCUT2D eigenvalue weighted by atomic mass is 10.1. The van der Waals surface area contributed by atoms with Crippen LogP contribution in [0.2, 0.25) is 0 Å². The van der Waals surface area contributed by atoms with Crippen LogP contribution in [0.3, 0.4) is 0 Å². The third kappa shape index (κ3) is 5.41. The third-order valence-electron chi connectivity index (χ3n) is 4.99. The first-order chi connectivity index (χ1) is 16.9. The summed E-state index contributed by atoms with van der Waals surface area (Å²) in [5.41, 5.74) is 1.45. The SMILES string of the molecule is COc1cc(/C=C/C(=O)Nc2nnc(CCN3C(=O)c4ccccc4C3=O)s2)ccc1OC(C)=O. The van der Waals surface area contributed by atoms with E-state index in [0.717, 1.165) is 11.3 Å². The van der Waals surface area contributed by atoms with Gasteiger partial charge in [0.05, 0.1) is 18.2 Å². The molecule has 4 rings (SSSR count). The molecule has 178 valence electrons. The van der Waals surface area contributed by atoms with E-state index in [1.54, 1.807) is 48.5 Å². The molecular formula is C24H20N4O6S. The molecule has 3 amide bonds. The number of benzene rings is 2. The summed E-state index contributed by atoms with van der Waals surface area (Å²) in [4.78, 5) is 49.5. The number of hydrogen-bond donors (Lipinski definition) is 1. The van der Waals surface area contributed by atoms with Crippen LogP contribution in [0, 0.1) is 0 Å². The Labute approximate surface area is 204 Å². The molecule has 0 saturated carbocycles. The molecule has 1 aromatic heterocycles. The molecule has 1 N–H and O–H groups in total. The van der Waals surface area contributed by atoms with Crippen LogP contribution in [-0.2, 0) is 16.0 Å². The van der Waals surface area contributed by atoms with E-state index in [1.807, 2.05) is 0 Å². The number of imide groups is 1. The van der Waals surface area contributed by atoms with Crippen LogP contribution in [0.25, 0.3) is 6.08 Å². The lowest BCUT2D eigenvalue weighted by Gasteiger charge is -2.11. The minimum Gasteiger partial charge on any atom is -0.493 e. The minimum absolute atomic E-state index is 0.167. The smallest absolute Gasteiger partial charge is 0.308 e. The van der Waals surface area contributed by atoms with Gasteiger partial charge in [0.25, 0.3) is 11.8 Å². The maximum Gasteiger partial charge on any atom is 0.308 e. The number of rotatable bonds is 8. The van der Waals surface area contributed by atoms with E-state index in [0.29, 0.717) is 39.0 Å². The first-order valence-electron chi connectivity index (χ1n) is 10.5.